The molecule has 3 rings (SSSR count). The van der Waals surface area contributed by atoms with Crippen molar-refractivity contribution in [1.82, 2.24) is 14.4 Å². The lowest BCUT2D eigenvalue weighted by atomic mass is 9.59. The highest BCUT2D eigenvalue weighted by Crippen LogP contribution is 2.63. The van der Waals surface area contributed by atoms with E-state index < -0.39 is 28.2 Å². The number of halogens is 2. The van der Waals surface area contributed by atoms with Crippen LogP contribution in [0.15, 0.2) is 10.8 Å². The molecule has 8 heteroatoms. The Morgan fingerprint density at radius 3 is 2.54 bits per heavy atom. The van der Waals surface area contributed by atoms with Crippen molar-refractivity contribution in [2.24, 2.45) is 10.8 Å². The van der Waals surface area contributed by atoms with Crippen molar-refractivity contribution in [2.75, 3.05) is 5.73 Å². The van der Waals surface area contributed by atoms with Crippen LogP contribution in [0.2, 0.25) is 0 Å². The predicted molar refractivity (Wildman–Crippen MR) is 91.2 cm³/mol. The van der Waals surface area contributed by atoms with Crippen LogP contribution in [0.25, 0.3) is 5.52 Å². The fourth-order valence-corrected chi connectivity index (χ4v) is 4.48. The summed E-state index contributed by atoms with van der Waals surface area (Å²) in [7, 11) is 0. The van der Waals surface area contributed by atoms with E-state index in [2.05, 4.69) is 25.9 Å². The number of imidazole rings is 1. The number of carboxylic acid groups (broad SMARTS) is 1. The summed E-state index contributed by atoms with van der Waals surface area (Å²) in [5.74, 6) is -0.792. The highest BCUT2D eigenvalue weighted by atomic mass is 79.9. The minimum atomic E-state index is -0.935. The zero-order valence-electron chi connectivity index (χ0n) is 14.0. The average molecular weight is 399 g/mol. The molecule has 1 aliphatic rings. The number of aliphatic carboxylic acids is 1. The molecule has 1 saturated carbocycles. The number of nitrogens with two attached hydrogens (primary N) is 1. The highest BCUT2D eigenvalue weighted by Gasteiger charge is 2.64. The second-order valence-corrected chi connectivity index (χ2v) is 8.22. The van der Waals surface area contributed by atoms with Gasteiger partial charge in [-0.2, -0.15) is 4.39 Å². The van der Waals surface area contributed by atoms with Gasteiger partial charge in [-0.3, -0.25) is 9.20 Å². The minimum absolute atomic E-state index is 0.169. The number of fused-ring (bicyclic) bond motifs is 1. The standard InChI is InChI=1S/C16H20BrFN4O2/c1-14(2)15(3,5-6-16(14,4)13(23)24)12-21-10(17)9-11(19)20-7-8(18)22(9)12/h7H,5-6H2,1-4H3,(H2,19,20)(H,23,24)/t15-,16+/m0/s1. The van der Waals surface area contributed by atoms with Gasteiger partial charge in [0.15, 0.2) is 5.82 Å². The Balaban J connectivity index is 2.33. The fourth-order valence-electron chi connectivity index (χ4n) is 3.93. The van der Waals surface area contributed by atoms with Gasteiger partial charge in [-0.1, -0.05) is 20.8 Å². The molecule has 0 spiro atoms. The van der Waals surface area contributed by atoms with Gasteiger partial charge in [-0.15, -0.1) is 0 Å². The van der Waals surface area contributed by atoms with Crippen LogP contribution in [-0.4, -0.2) is 25.4 Å². The number of hydrogen-bond acceptors (Lipinski definition) is 4. The summed E-state index contributed by atoms with van der Waals surface area (Å²) in [6, 6.07) is 0. The van der Waals surface area contributed by atoms with E-state index in [9.17, 15) is 14.3 Å². The number of anilines is 1. The Hall–Kier alpha value is -1.70. The maximum atomic E-state index is 14.5. The summed E-state index contributed by atoms with van der Waals surface area (Å²) < 4.78 is 16.3. The van der Waals surface area contributed by atoms with E-state index in [-0.39, 0.29) is 5.82 Å². The third-order valence-corrected chi connectivity index (χ3v) is 7.00. The van der Waals surface area contributed by atoms with E-state index in [1.54, 1.807) is 6.92 Å². The van der Waals surface area contributed by atoms with Gasteiger partial charge in [0.05, 0.1) is 11.6 Å². The smallest absolute Gasteiger partial charge is 0.309 e. The molecule has 0 amide bonds. The Kier molecular flexibility index (Phi) is 3.50. The van der Waals surface area contributed by atoms with Gasteiger partial charge < -0.3 is 10.8 Å². The lowest BCUT2D eigenvalue weighted by molar-refractivity contribution is -0.155. The molecule has 0 aliphatic heterocycles. The molecule has 0 aromatic carbocycles. The van der Waals surface area contributed by atoms with Crippen LogP contribution in [0.4, 0.5) is 10.2 Å². The third kappa shape index (κ3) is 1.83. The van der Waals surface area contributed by atoms with Crippen LogP contribution in [0.1, 0.15) is 46.4 Å². The molecule has 1 fully saturated rings. The van der Waals surface area contributed by atoms with E-state index in [0.717, 1.165) is 6.20 Å². The SMILES string of the molecule is CC1(C)[C@](C)(c2nc(Br)c3c(N)ncc(F)n23)CC[C@]1(C)C(=O)O. The molecule has 1 aliphatic carbocycles. The topological polar surface area (TPSA) is 93.5 Å². The van der Waals surface area contributed by atoms with Crippen LogP contribution >= 0.6 is 15.9 Å². The normalized spacial score (nSPS) is 29.2. The molecule has 2 aromatic rings. The van der Waals surface area contributed by atoms with Gasteiger partial charge in [0.2, 0.25) is 5.95 Å². The van der Waals surface area contributed by atoms with Crippen molar-refractivity contribution >= 4 is 33.2 Å². The van der Waals surface area contributed by atoms with Crippen LogP contribution in [0.3, 0.4) is 0 Å². The molecule has 2 atom stereocenters. The molecule has 3 N–H and O–H groups in total. The molecule has 130 valence electrons. The molecule has 2 heterocycles. The van der Waals surface area contributed by atoms with Crippen LogP contribution in [0, 0.1) is 16.8 Å². The minimum Gasteiger partial charge on any atom is -0.481 e. The molecule has 0 bridgehead atoms. The number of carboxylic acids is 1. The van der Waals surface area contributed by atoms with E-state index in [1.165, 1.54) is 4.40 Å². The first kappa shape index (κ1) is 17.1. The molecule has 0 unspecified atom stereocenters. The van der Waals surface area contributed by atoms with Crippen molar-refractivity contribution in [2.45, 2.75) is 46.0 Å². The number of carbonyl (C=O) groups is 1. The van der Waals surface area contributed by atoms with Crippen molar-refractivity contribution in [3.05, 3.63) is 22.6 Å². The lowest BCUT2D eigenvalue weighted by Gasteiger charge is -2.44. The van der Waals surface area contributed by atoms with E-state index in [4.69, 9.17) is 5.73 Å². The molecule has 0 saturated heterocycles. The Morgan fingerprint density at radius 2 is 2.00 bits per heavy atom. The summed E-state index contributed by atoms with van der Waals surface area (Å²) in [4.78, 5) is 20.3. The fraction of sp³-hybridized carbons (Fsp3) is 0.562. The van der Waals surface area contributed by atoms with E-state index in [1.807, 2.05) is 20.8 Å². The van der Waals surface area contributed by atoms with Crippen molar-refractivity contribution in [1.29, 1.82) is 0 Å². The first-order valence-corrected chi connectivity index (χ1v) is 8.48. The summed E-state index contributed by atoms with van der Waals surface area (Å²) in [6.07, 6.45) is 2.12. The number of nitrogen functional groups attached to an aromatic ring is 1. The maximum Gasteiger partial charge on any atom is 0.309 e. The molecule has 0 radical (unpaired) electrons. The van der Waals surface area contributed by atoms with Gasteiger partial charge >= 0.3 is 5.97 Å². The molecule has 2 aromatic heterocycles. The number of nitrogens with zero attached hydrogens (tertiary/aromatic N) is 3. The average Bonchev–Trinajstić information content (AvgIpc) is 2.94. The van der Waals surface area contributed by atoms with Crippen molar-refractivity contribution in [3.63, 3.8) is 0 Å². The van der Waals surface area contributed by atoms with E-state index >= 15 is 0 Å². The number of aromatic nitrogens is 3. The number of hydrogen-bond donors (Lipinski definition) is 2. The van der Waals surface area contributed by atoms with E-state index in [0.29, 0.717) is 28.8 Å². The summed E-state index contributed by atoms with van der Waals surface area (Å²) in [6.45, 7) is 7.51. The maximum absolute atomic E-state index is 14.5. The van der Waals surface area contributed by atoms with Crippen LogP contribution in [-0.2, 0) is 10.2 Å². The first-order chi connectivity index (χ1) is 11.0. The van der Waals surface area contributed by atoms with Crippen LogP contribution < -0.4 is 5.73 Å². The Labute approximate surface area is 147 Å². The quantitative estimate of drug-likeness (QED) is 0.808. The summed E-state index contributed by atoms with van der Waals surface area (Å²) in [5, 5.41) is 9.76. The largest absolute Gasteiger partial charge is 0.481 e. The summed E-state index contributed by atoms with van der Waals surface area (Å²) in [5.41, 5.74) is 4.01. The zero-order chi connectivity index (χ0) is 18.1. The molecular formula is C16H20BrFN4O2. The van der Waals surface area contributed by atoms with Gasteiger partial charge in [-0.25, -0.2) is 9.97 Å². The van der Waals surface area contributed by atoms with Crippen molar-refractivity contribution < 1.29 is 14.3 Å². The molecular weight excluding hydrogens is 379 g/mol. The molecule has 24 heavy (non-hydrogen) atoms. The van der Waals surface area contributed by atoms with Crippen molar-refractivity contribution in [3.8, 4) is 0 Å². The molecule has 6 nitrogen and oxygen atoms in total. The second kappa shape index (κ2) is 4.91. The first-order valence-electron chi connectivity index (χ1n) is 7.69. The summed E-state index contributed by atoms with van der Waals surface area (Å²) >= 11 is 3.33. The second-order valence-electron chi connectivity index (χ2n) is 7.47. The lowest BCUT2D eigenvalue weighted by Crippen LogP contribution is -2.47. The zero-order valence-corrected chi connectivity index (χ0v) is 15.6. The van der Waals surface area contributed by atoms with Gasteiger partial charge in [0.1, 0.15) is 15.9 Å². The number of rotatable bonds is 2. The Morgan fingerprint density at radius 1 is 1.38 bits per heavy atom. The van der Waals surface area contributed by atoms with Crippen LogP contribution in [0.5, 0.6) is 0 Å². The predicted octanol–water partition coefficient (Wildman–Crippen LogP) is 3.38. The Bertz CT molecular complexity index is 865. The monoisotopic (exact) mass is 398 g/mol. The van der Waals surface area contributed by atoms with Gasteiger partial charge in [0.25, 0.3) is 0 Å². The van der Waals surface area contributed by atoms with Gasteiger partial charge in [-0.05, 0) is 41.1 Å². The van der Waals surface area contributed by atoms with Gasteiger partial charge in [0, 0.05) is 5.41 Å². The highest BCUT2D eigenvalue weighted by molar-refractivity contribution is 9.10. The third-order valence-electron chi connectivity index (χ3n) is 6.45.